The number of hydrogen-bond acceptors (Lipinski definition) is 5. The third-order valence-electron chi connectivity index (χ3n) is 3.80. The summed E-state index contributed by atoms with van der Waals surface area (Å²) in [6, 6.07) is 7.84. The zero-order valence-electron chi connectivity index (χ0n) is 14.7. The van der Waals surface area contributed by atoms with Gasteiger partial charge in [0.05, 0.1) is 16.2 Å². The average molecular weight is 365 g/mol. The Hall–Kier alpha value is -1.60. The van der Waals surface area contributed by atoms with Crippen LogP contribution in [0.4, 0.5) is 0 Å². The molecule has 0 aliphatic carbocycles. The predicted octanol–water partition coefficient (Wildman–Crippen LogP) is 3.31. The van der Waals surface area contributed by atoms with E-state index in [1.54, 1.807) is 6.07 Å². The summed E-state index contributed by atoms with van der Waals surface area (Å²) < 4.78 is 1.92. The molecule has 2 N–H and O–H groups in total. The molecule has 1 aromatic carbocycles. The second-order valence-electron chi connectivity index (χ2n) is 6.28. The summed E-state index contributed by atoms with van der Waals surface area (Å²) in [4.78, 5) is 19.2. The van der Waals surface area contributed by atoms with Crippen molar-refractivity contribution < 1.29 is 0 Å². The van der Waals surface area contributed by atoms with Gasteiger partial charge in [-0.3, -0.25) is 4.79 Å². The number of nitrogens with two attached hydrogens (primary N) is 1. The molecule has 0 bridgehead atoms. The van der Waals surface area contributed by atoms with E-state index in [9.17, 15) is 4.79 Å². The Bertz CT molecular complexity index is 793. The van der Waals surface area contributed by atoms with Crippen LogP contribution in [0.1, 0.15) is 45.7 Å². The summed E-state index contributed by atoms with van der Waals surface area (Å²) in [7, 11) is 0. The van der Waals surface area contributed by atoms with Gasteiger partial charge >= 0.3 is 0 Å². The summed E-state index contributed by atoms with van der Waals surface area (Å²) in [5.74, 6) is 6.52. The minimum absolute atomic E-state index is 0.125. The molecule has 1 heterocycles. The van der Waals surface area contributed by atoms with Gasteiger partial charge in [0.15, 0.2) is 0 Å². The topological polar surface area (TPSA) is 64.2 Å². The number of benzene rings is 1. The number of fused-ring (bicyclic) bond motifs is 1. The lowest BCUT2D eigenvalue weighted by Crippen LogP contribution is -2.40. The fourth-order valence-electron chi connectivity index (χ4n) is 2.73. The van der Waals surface area contributed by atoms with E-state index >= 15 is 0 Å². The van der Waals surface area contributed by atoms with Crippen LogP contribution in [0.2, 0.25) is 0 Å². The molecule has 5 nitrogen and oxygen atoms in total. The standard InChI is InChI=1S/C17H24N4OS2/c1-10(2)20(11(3)4)17(23)24-12(5)15-19-14-9-7-6-8-13(14)16(22)21(15)18/h6-12H,18H2,1-5H3. The van der Waals surface area contributed by atoms with Crippen molar-refractivity contribution >= 4 is 39.2 Å². The van der Waals surface area contributed by atoms with Gasteiger partial charge in [-0.05, 0) is 46.8 Å². The number of hydrogen-bond donors (Lipinski definition) is 1. The normalized spacial score (nSPS) is 12.8. The molecular weight excluding hydrogens is 340 g/mol. The number of nitrogen functional groups attached to an aromatic ring is 1. The molecule has 1 unspecified atom stereocenters. The van der Waals surface area contributed by atoms with Crippen molar-refractivity contribution in [1.82, 2.24) is 14.6 Å². The van der Waals surface area contributed by atoms with Crippen LogP contribution in [0.3, 0.4) is 0 Å². The first-order valence-electron chi connectivity index (χ1n) is 7.99. The lowest BCUT2D eigenvalue weighted by molar-refractivity contribution is 0.303. The van der Waals surface area contributed by atoms with Crippen molar-refractivity contribution in [2.45, 2.75) is 52.0 Å². The van der Waals surface area contributed by atoms with E-state index < -0.39 is 0 Å². The van der Waals surface area contributed by atoms with E-state index in [1.807, 2.05) is 25.1 Å². The van der Waals surface area contributed by atoms with Gasteiger partial charge in [0, 0.05) is 12.1 Å². The summed E-state index contributed by atoms with van der Waals surface area (Å²) in [5, 5.41) is 0.398. The third kappa shape index (κ3) is 3.72. The van der Waals surface area contributed by atoms with Crippen LogP contribution < -0.4 is 11.4 Å². The van der Waals surface area contributed by atoms with Crippen molar-refractivity contribution in [3.05, 3.63) is 40.4 Å². The third-order valence-corrected chi connectivity index (χ3v) is 5.28. The van der Waals surface area contributed by atoms with Gasteiger partial charge in [0.2, 0.25) is 0 Å². The van der Waals surface area contributed by atoms with E-state index in [2.05, 4.69) is 37.6 Å². The zero-order chi connectivity index (χ0) is 18.0. The Balaban J connectivity index is 2.35. The number of aromatic nitrogens is 2. The van der Waals surface area contributed by atoms with Crippen molar-refractivity contribution in [3.63, 3.8) is 0 Å². The van der Waals surface area contributed by atoms with Crippen LogP contribution in [0, 0.1) is 0 Å². The van der Waals surface area contributed by atoms with Gasteiger partial charge in [-0.25, -0.2) is 9.66 Å². The summed E-state index contributed by atoms with van der Waals surface area (Å²) in [5.41, 5.74) is 0.417. The smallest absolute Gasteiger partial charge is 0.279 e. The highest BCUT2D eigenvalue weighted by atomic mass is 32.2. The van der Waals surface area contributed by atoms with Crippen LogP contribution >= 0.6 is 24.0 Å². The van der Waals surface area contributed by atoms with Gasteiger partial charge in [-0.15, -0.1) is 0 Å². The molecule has 0 radical (unpaired) electrons. The highest BCUT2D eigenvalue weighted by Crippen LogP contribution is 2.30. The molecule has 7 heteroatoms. The second-order valence-corrected chi connectivity index (χ2v) is 8.26. The largest absolute Gasteiger partial charge is 0.353 e. The Kier molecular flexibility index (Phi) is 5.87. The first-order chi connectivity index (χ1) is 11.2. The number of thiocarbonyl (C=S) groups is 1. The number of rotatable bonds is 4. The molecule has 0 aliphatic rings. The molecule has 0 saturated heterocycles. The van der Waals surface area contributed by atoms with Gasteiger partial charge < -0.3 is 10.7 Å². The van der Waals surface area contributed by atoms with Gasteiger partial charge in [0.25, 0.3) is 5.56 Å². The van der Waals surface area contributed by atoms with Crippen molar-refractivity contribution in [3.8, 4) is 0 Å². The summed E-state index contributed by atoms with van der Waals surface area (Å²) >= 11 is 7.11. The second kappa shape index (κ2) is 7.53. The molecule has 24 heavy (non-hydrogen) atoms. The molecular formula is C17H24N4OS2. The molecule has 0 amide bonds. The van der Waals surface area contributed by atoms with Crippen LogP contribution in [0.25, 0.3) is 10.9 Å². The fraction of sp³-hybridized carbons (Fsp3) is 0.471. The Labute approximate surface area is 152 Å². The molecule has 0 aliphatic heterocycles. The predicted molar refractivity (Wildman–Crippen MR) is 107 cm³/mol. The summed E-state index contributed by atoms with van der Waals surface area (Å²) in [6.45, 7) is 10.4. The van der Waals surface area contributed by atoms with E-state index in [0.717, 1.165) is 9.00 Å². The molecule has 0 saturated carbocycles. The van der Waals surface area contributed by atoms with E-state index in [4.69, 9.17) is 18.1 Å². The van der Waals surface area contributed by atoms with Crippen LogP contribution in [-0.4, -0.2) is 31.0 Å². The van der Waals surface area contributed by atoms with E-state index in [0.29, 0.717) is 28.8 Å². The van der Waals surface area contributed by atoms with Gasteiger partial charge in [-0.1, -0.05) is 36.1 Å². The number of nitrogens with zero attached hydrogens (tertiary/aromatic N) is 3. The number of para-hydroxylation sites is 1. The maximum absolute atomic E-state index is 12.4. The highest BCUT2D eigenvalue weighted by molar-refractivity contribution is 8.23. The minimum Gasteiger partial charge on any atom is -0.353 e. The monoisotopic (exact) mass is 364 g/mol. The quantitative estimate of drug-likeness (QED) is 0.663. The first-order valence-corrected chi connectivity index (χ1v) is 9.28. The first kappa shape index (κ1) is 18.7. The van der Waals surface area contributed by atoms with Crippen LogP contribution in [0.15, 0.2) is 29.1 Å². The van der Waals surface area contributed by atoms with Crippen molar-refractivity contribution in [2.75, 3.05) is 5.84 Å². The lowest BCUT2D eigenvalue weighted by Gasteiger charge is -2.33. The zero-order valence-corrected chi connectivity index (χ0v) is 16.3. The maximum atomic E-state index is 12.4. The van der Waals surface area contributed by atoms with E-state index in [-0.39, 0.29) is 10.8 Å². The van der Waals surface area contributed by atoms with Crippen LogP contribution in [-0.2, 0) is 0 Å². The van der Waals surface area contributed by atoms with Gasteiger partial charge in [-0.2, -0.15) is 0 Å². The molecule has 2 aromatic rings. The van der Waals surface area contributed by atoms with Gasteiger partial charge in [0.1, 0.15) is 10.1 Å². The van der Waals surface area contributed by atoms with Crippen molar-refractivity contribution in [2.24, 2.45) is 0 Å². The maximum Gasteiger partial charge on any atom is 0.279 e. The fourth-order valence-corrected chi connectivity index (χ4v) is 4.70. The molecule has 1 aromatic heterocycles. The molecule has 0 spiro atoms. The SMILES string of the molecule is CC(SC(=S)N(C(C)C)C(C)C)c1nc2ccccc2c(=O)n1N. The number of thioether (sulfide) groups is 1. The Morgan fingerprint density at radius 1 is 1.21 bits per heavy atom. The lowest BCUT2D eigenvalue weighted by atomic mass is 10.2. The minimum atomic E-state index is -0.237. The summed E-state index contributed by atoms with van der Waals surface area (Å²) in [6.07, 6.45) is 0. The molecule has 1 atom stereocenters. The van der Waals surface area contributed by atoms with Crippen LogP contribution in [0.5, 0.6) is 0 Å². The highest BCUT2D eigenvalue weighted by Gasteiger charge is 2.22. The average Bonchev–Trinajstić information content (AvgIpc) is 2.49. The molecule has 0 fully saturated rings. The molecule has 130 valence electrons. The van der Waals surface area contributed by atoms with E-state index in [1.165, 1.54) is 11.8 Å². The Morgan fingerprint density at radius 2 is 1.79 bits per heavy atom. The Morgan fingerprint density at radius 3 is 2.38 bits per heavy atom. The van der Waals surface area contributed by atoms with Crippen molar-refractivity contribution in [1.29, 1.82) is 0 Å². The molecule has 2 rings (SSSR count).